The van der Waals surface area contributed by atoms with Crippen molar-refractivity contribution in [2.24, 2.45) is 0 Å². The fourth-order valence-electron chi connectivity index (χ4n) is 3.71. The van der Waals surface area contributed by atoms with Crippen LogP contribution in [0.4, 0.5) is 10.8 Å². The summed E-state index contributed by atoms with van der Waals surface area (Å²) in [7, 11) is 0. The molecule has 0 spiro atoms. The number of nitrogens with one attached hydrogen (secondary N) is 1. The highest BCUT2D eigenvalue weighted by molar-refractivity contribution is 7.14. The Balaban J connectivity index is 1.19. The molecule has 0 unspecified atom stereocenters. The van der Waals surface area contributed by atoms with Crippen molar-refractivity contribution in [3.8, 4) is 11.3 Å². The fraction of sp³-hybridized carbons (Fsp3) is 0.304. The van der Waals surface area contributed by atoms with E-state index in [9.17, 15) is 14.9 Å². The number of piperazine rings is 1. The van der Waals surface area contributed by atoms with Gasteiger partial charge in [0.05, 0.1) is 10.6 Å². The largest absolute Gasteiger partial charge is 0.302 e. The molecule has 8 nitrogen and oxygen atoms in total. The molecule has 166 valence electrons. The van der Waals surface area contributed by atoms with Crippen LogP contribution in [0.3, 0.4) is 0 Å². The van der Waals surface area contributed by atoms with Gasteiger partial charge in [-0.05, 0) is 5.56 Å². The van der Waals surface area contributed by atoms with E-state index in [0.29, 0.717) is 24.6 Å². The zero-order chi connectivity index (χ0) is 22.3. The number of nitrogens with zero attached hydrogens (tertiary/aromatic N) is 4. The Morgan fingerprint density at radius 1 is 1.06 bits per heavy atom. The van der Waals surface area contributed by atoms with Gasteiger partial charge in [0.15, 0.2) is 5.13 Å². The van der Waals surface area contributed by atoms with Crippen molar-refractivity contribution in [2.45, 2.75) is 13.0 Å². The summed E-state index contributed by atoms with van der Waals surface area (Å²) in [6.07, 6.45) is 0.422. The van der Waals surface area contributed by atoms with Gasteiger partial charge in [-0.15, -0.1) is 11.3 Å². The van der Waals surface area contributed by atoms with E-state index in [4.69, 9.17) is 0 Å². The molecule has 1 fully saturated rings. The standard InChI is InChI=1S/C23H25N5O3S/c29-22(25-23-24-21(17-32-23)19-6-2-1-3-7-19)9-10-26-11-13-27(14-12-26)16-18-5-4-8-20(15-18)28(30)31/h1-8,15,17H,9-14,16H2,(H,24,25,29). The quantitative estimate of drug-likeness (QED) is 0.413. The Morgan fingerprint density at radius 2 is 1.81 bits per heavy atom. The number of carbonyl (C=O) groups excluding carboxylic acids is 1. The van der Waals surface area contributed by atoms with Crippen LogP contribution < -0.4 is 5.32 Å². The van der Waals surface area contributed by atoms with Gasteiger partial charge in [-0.25, -0.2) is 4.98 Å². The molecule has 32 heavy (non-hydrogen) atoms. The van der Waals surface area contributed by atoms with Crippen molar-refractivity contribution < 1.29 is 9.72 Å². The summed E-state index contributed by atoms with van der Waals surface area (Å²) < 4.78 is 0. The normalized spacial score (nSPS) is 14.9. The number of hydrogen-bond donors (Lipinski definition) is 1. The molecule has 1 N–H and O–H groups in total. The van der Waals surface area contributed by atoms with E-state index in [2.05, 4.69) is 20.1 Å². The fourth-order valence-corrected chi connectivity index (χ4v) is 4.45. The van der Waals surface area contributed by atoms with E-state index >= 15 is 0 Å². The van der Waals surface area contributed by atoms with Gasteiger partial charge in [-0.2, -0.15) is 0 Å². The van der Waals surface area contributed by atoms with Gasteiger partial charge in [-0.3, -0.25) is 19.8 Å². The third-order valence-corrected chi connectivity index (χ3v) is 6.23. The second-order valence-electron chi connectivity index (χ2n) is 7.75. The lowest BCUT2D eigenvalue weighted by Gasteiger charge is -2.34. The Hall–Kier alpha value is -3.14. The van der Waals surface area contributed by atoms with E-state index < -0.39 is 0 Å². The average molecular weight is 452 g/mol. The number of benzene rings is 2. The predicted molar refractivity (Wildman–Crippen MR) is 126 cm³/mol. The summed E-state index contributed by atoms with van der Waals surface area (Å²) >= 11 is 1.43. The number of nitro benzene ring substituents is 1. The summed E-state index contributed by atoms with van der Waals surface area (Å²) in [5.41, 5.74) is 2.98. The minimum atomic E-state index is -0.360. The monoisotopic (exact) mass is 451 g/mol. The van der Waals surface area contributed by atoms with E-state index in [1.807, 2.05) is 41.8 Å². The summed E-state index contributed by atoms with van der Waals surface area (Å²) in [5, 5.41) is 16.4. The van der Waals surface area contributed by atoms with Crippen molar-refractivity contribution in [2.75, 3.05) is 38.0 Å². The Morgan fingerprint density at radius 3 is 2.56 bits per heavy atom. The topological polar surface area (TPSA) is 91.6 Å². The zero-order valence-corrected chi connectivity index (χ0v) is 18.5. The highest BCUT2D eigenvalue weighted by Crippen LogP contribution is 2.24. The predicted octanol–water partition coefficient (Wildman–Crippen LogP) is 3.86. The summed E-state index contributed by atoms with van der Waals surface area (Å²) in [6.45, 7) is 4.89. The van der Waals surface area contributed by atoms with Crippen LogP contribution in [0.1, 0.15) is 12.0 Å². The van der Waals surface area contributed by atoms with Gasteiger partial charge in [-0.1, -0.05) is 42.5 Å². The number of anilines is 1. The third-order valence-electron chi connectivity index (χ3n) is 5.47. The minimum absolute atomic E-state index is 0.0296. The van der Waals surface area contributed by atoms with Gasteiger partial charge in [0.2, 0.25) is 5.91 Å². The van der Waals surface area contributed by atoms with Crippen molar-refractivity contribution >= 4 is 28.1 Å². The van der Waals surface area contributed by atoms with Crippen molar-refractivity contribution in [3.63, 3.8) is 0 Å². The minimum Gasteiger partial charge on any atom is -0.302 e. The molecule has 0 radical (unpaired) electrons. The number of nitro groups is 1. The third kappa shape index (κ3) is 5.97. The lowest BCUT2D eigenvalue weighted by atomic mass is 10.1. The maximum atomic E-state index is 12.4. The smallest absolute Gasteiger partial charge is 0.269 e. The number of non-ortho nitro benzene ring substituents is 1. The number of carbonyl (C=O) groups is 1. The van der Waals surface area contributed by atoms with Crippen molar-refractivity contribution in [1.29, 1.82) is 0 Å². The molecule has 1 saturated heterocycles. The van der Waals surface area contributed by atoms with Crippen LogP contribution in [0.5, 0.6) is 0 Å². The van der Waals surface area contributed by atoms with Gasteiger partial charge >= 0.3 is 0 Å². The van der Waals surface area contributed by atoms with Crippen LogP contribution in [-0.4, -0.2) is 58.3 Å². The van der Waals surface area contributed by atoms with Crippen LogP contribution >= 0.6 is 11.3 Å². The maximum absolute atomic E-state index is 12.4. The van der Waals surface area contributed by atoms with Crippen LogP contribution in [0.25, 0.3) is 11.3 Å². The molecule has 0 aliphatic carbocycles. The second kappa shape index (κ2) is 10.4. The molecule has 4 rings (SSSR count). The maximum Gasteiger partial charge on any atom is 0.269 e. The number of thiazole rings is 1. The first-order chi connectivity index (χ1) is 15.6. The van der Waals surface area contributed by atoms with E-state index in [-0.39, 0.29) is 16.5 Å². The molecule has 1 aromatic heterocycles. The van der Waals surface area contributed by atoms with Crippen LogP contribution in [-0.2, 0) is 11.3 Å². The first kappa shape index (κ1) is 22.1. The Kier molecular flexibility index (Phi) is 7.21. The summed E-state index contributed by atoms with van der Waals surface area (Å²) in [5.74, 6) is -0.0296. The van der Waals surface area contributed by atoms with E-state index in [1.165, 1.54) is 17.4 Å². The molecule has 1 aliphatic rings. The number of rotatable bonds is 8. The van der Waals surface area contributed by atoms with Crippen molar-refractivity contribution in [1.82, 2.24) is 14.8 Å². The van der Waals surface area contributed by atoms with Gasteiger partial charge in [0.25, 0.3) is 5.69 Å². The van der Waals surface area contributed by atoms with Crippen LogP contribution in [0.2, 0.25) is 0 Å². The zero-order valence-electron chi connectivity index (χ0n) is 17.6. The second-order valence-corrected chi connectivity index (χ2v) is 8.61. The average Bonchev–Trinajstić information content (AvgIpc) is 3.28. The van der Waals surface area contributed by atoms with Gasteiger partial charge < -0.3 is 10.2 Å². The Labute approximate surface area is 190 Å². The summed E-state index contributed by atoms with van der Waals surface area (Å²) in [6, 6.07) is 16.7. The SMILES string of the molecule is O=C(CCN1CCN(Cc2cccc([N+](=O)[O-])c2)CC1)Nc1nc(-c2ccccc2)cs1. The lowest BCUT2D eigenvalue weighted by Crippen LogP contribution is -2.46. The van der Waals surface area contributed by atoms with Gasteiger partial charge in [0.1, 0.15) is 0 Å². The first-order valence-corrected chi connectivity index (χ1v) is 11.4. The molecule has 1 aliphatic heterocycles. The highest BCUT2D eigenvalue weighted by Gasteiger charge is 2.18. The molecule has 0 atom stereocenters. The van der Waals surface area contributed by atoms with Crippen LogP contribution in [0, 0.1) is 10.1 Å². The molecule has 0 bridgehead atoms. The molecule has 0 saturated carbocycles. The molecular weight excluding hydrogens is 426 g/mol. The molecule has 9 heteroatoms. The molecular formula is C23H25N5O3S. The van der Waals surface area contributed by atoms with E-state index in [1.54, 1.807) is 12.1 Å². The summed E-state index contributed by atoms with van der Waals surface area (Å²) in [4.78, 5) is 32.0. The molecule has 1 amide bonds. The lowest BCUT2D eigenvalue weighted by molar-refractivity contribution is -0.384. The number of amides is 1. The van der Waals surface area contributed by atoms with Gasteiger partial charge in [0, 0.05) is 68.8 Å². The van der Waals surface area contributed by atoms with Crippen LogP contribution in [0.15, 0.2) is 60.0 Å². The first-order valence-electron chi connectivity index (χ1n) is 10.6. The molecule has 2 aromatic carbocycles. The molecule has 3 aromatic rings. The van der Waals surface area contributed by atoms with E-state index in [0.717, 1.165) is 43.0 Å². The number of hydrogen-bond acceptors (Lipinski definition) is 7. The highest BCUT2D eigenvalue weighted by atomic mass is 32.1. The Bertz CT molecular complexity index is 1060. The van der Waals surface area contributed by atoms with Crippen molar-refractivity contribution in [3.05, 3.63) is 75.7 Å². The molecule has 2 heterocycles. The number of aromatic nitrogens is 1.